The molecule has 9 heteroatoms. The molecule has 0 aliphatic rings. The van der Waals surface area contributed by atoms with Gasteiger partial charge in [0.25, 0.3) is 5.69 Å². The minimum Gasteiger partial charge on any atom is -0.453 e. The van der Waals surface area contributed by atoms with Gasteiger partial charge in [0.1, 0.15) is 18.1 Å². The Labute approximate surface area is 163 Å². The second kappa shape index (κ2) is 8.15. The number of rotatable bonds is 8. The van der Waals surface area contributed by atoms with Crippen LogP contribution in [0.3, 0.4) is 0 Å². The van der Waals surface area contributed by atoms with E-state index in [-0.39, 0.29) is 11.4 Å². The normalized spacial score (nSPS) is 12.3. The Hall–Kier alpha value is -2.65. The fourth-order valence-corrected chi connectivity index (χ4v) is 3.15. The first-order valence-electron chi connectivity index (χ1n) is 8.54. The van der Waals surface area contributed by atoms with Gasteiger partial charge in [0.2, 0.25) is 0 Å². The average molecular weight is 407 g/mol. The van der Waals surface area contributed by atoms with Crippen molar-refractivity contribution in [2.45, 2.75) is 6.73 Å². The van der Waals surface area contributed by atoms with E-state index in [1.165, 1.54) is 12.1 Å². The van der Waals surface area contributed by atoms with Gasteiger partial charge in [-0.3, -0.25) is 10.1 Å². The number of aromatic nitrogens is 2. The van der Waals surface area contributed by atoms with E-state index in [0.29, 0.717) is 30.1 Å². The minimum absolute atomic E-state index is 0.0877. The summed E-state index contributed by atoms with van der Waals surface area (Å²) < 4.78 is 27.4. The standard InChI is InChI=1S/C19H22FN3O4S/c1-28(2,3)11-10-26-13-22-9-7-15-17(6-8-21-19(15)22)27-18-5-4-14(23(24)25)12-16(18)20/h4-9,12H,10-11,13H2,1-3H3. The lowest BCUT2D eigenvalue weighted by atomic mass is 10.3. The molecule has 0 bridgehead atoms. The van der Waals surface area contributed by atoms with Gasteiger partial charge in [-0.2, -0.15) is 0 Å². The lowest BCUT2D eigenvalue weighted by molar-refractivity contribution is -0.385. The summed E-state index contributed by atoms with van der Waals surface area (Å²) in [5, 5.41) is 11.4. The molecule has 1 aromatic carbocycles. The topological polar surface area (TPSA) is 79.4 Å². The highest BCUT2D eigenvalue weighted by atomic mass is 32.3. The van der Waals surface area contributed by atoms with Crippen molar-refractivity contribution in [1.82, 2.24) is 9.55 Å². The maximum absolute atomic E-state index is 14.1. The molecular formula is C19H22FN3O4S. The summed E-state index contributed by atoms with van der Waals surface area (Å²) in [6.45, 7) is 1.03. The Balaban J connectivity index is 1.77. The molecule has 0 N–H and O–H groups in total. The molecule has 0 fully saturated rings. The zero-order chi connectivity index (χ0) is 20.3. The van der Waals surface area contributed by atoms with E-state index in [9.17, 15) is 14.5 Å². The highest BCUT2D eigenvalue weighted by Crippen LogP contribution is 2.34. The molecular weight excluding hydrogens is 385 g/mol. The second-order valence-corrected chi connectivity index (χ2v) is 11.7. The van der Waals surface area contributed by atoms with Crippen LogP contribution in [0, 0.1) is 15.9 Å². The van der Waals surface area contributed by atoms with Gasteiger partial charge < -0.3 is 14.0 Å². The Kier molecular flexibility index (Phi) is 5.85. The first kappa shape index (κ1) is 20.1. The zero-order valence-corrected chi connectivity index (χ0v) is 16.7. The lowest BCUT2D eigenvalue weighted by Crippen LogP contribution is -2.09. The SMILES string of the molecule is CS(C)(C)CCOCn1ccc2c(Oc3ccc([N+](=O)[O-])cc3F)ccnc21. The predicted octanol–water partition coefficient (Wildman–Crippen LogP) is 4.54. The number of fused-ring (bicyclic) bond motifs is 1. The van der Waals surface area contributed by atoms with Gasteiger partial charge >= 0.3 is 0 Å². The Bertz CT molecular complexity index is 1000. The van der Waals surface area contributed by atoms with Crippen LogP contribution in [-0.2, 0) is 11.5 Å². The molecule has 0 spiro atoms. The molecule has 0 atom stereocenters. The first-order chi connectivity index (χ1) is 13.2. The fourth-order valence-electron chi connectivity index (χ4n) is 2.54. The van der Waals surface area contributed by atoms with E-state index in [1.54, 1.807) is 12.3 Å². The molecule has 7 nitrogen and oxygen atoms in total. The molecule has 0 saturated heterocycles. The zero-order valence-electron chi connectivity index (χ0n) is 15.9. The number of nitro benzene ring substituents is 1. The van der Waals surface area contributed by atoms with Crippen LogP contribution in [0.5, 0.6) is 11.5 Å². The fraction of sp³-hybridized carbons (Fsp3) is 0.316. The number of benzene rings is 1. The second-order valence-electron chi connectivity index (χ2n) is 7.14. The molecule has 28 heavy (non-hydrogen) atoms. The molecule has 3 rings (SSSR count). The number of ether oxygens (including phenoxy) is 2. The molecule has 0 aliphatic carbocycles. The van der Waals surface area contributed by atoms with Crippen molar-refractivity contribution < 1.29 is 18.8 Å². The van der Waals surface area contributed by atoms with Crippen LogP contribution in [0.1, 0.15) is 0 Å². The third kappa shape index (κ3) is 4.79. The smallest absolute Gasteiger partial charge is 0.272 e. The van der Waals surface area contributed by atoms with Crippen LogP contribution in [0.2, 0.25) is 0 Å². The lowest BCUT2D eigenvalue weighted by Gasteiger charge is -2.24. The average Bonchev–Trinajstić information content (AvgIpc) is 3.03. The summed E-state index contributed by atoms with van der Waals surface area (Å²) in [6.07, 6.45) is 10.1. The maximum atomic E-state index is 14.1. The first-order valence-corrected chi connectivity index (χ1v) is 11.6. The van der Waals surface area contributed by atoms with Gasteiger partial charge in [-0.05, 0) is 37.0 Å². The third-order valence-corrected chi connectivity index (χ3v) is 5.43. The maximum Gasteiger partial charge on any atom is 0.272 e. The van der Waals surface area contributed by atoms with Gasteiger partial charge in [-0.15, -0.1) is 0 Å². The van der Waals surface area contributed by atoms with Crippen LogP contribution in [0.25, 0.3) is 11.0 Å². The molecule has 0 unspecified atom stereocenters. The number of hydrogen-bond donors (Lipinski definition) is 0. The number of hydrogen-bond acceptors (Lipinski definition) is 5. The van der Waals surface area contributed by atoms with Crippen LogP contribution in [0.4, 0.5) is 10.1 Å². The van der Waals surface area contributed by atoms with Crippen molar-refractivity contribution in [2.24, 2.45) is 0 Å². The van der Waals surface area contributed by atoms with Crippen molar-refractivity contribution in [3.05, 3.63) is 58.7 Å². The van der Waals surface area contributed by atoms with Gasteiger partial charge in [0, 0.05) is 24.2 Å². The van der Waals surface area contributed by atoms with Crippen molar-refractivity contribution in [3.63, 3.8) is 0 Å². The van der Waals surface area contributed by atoms with E-state index in [2.05, 4.69) is 23.8 Å². The largest absolute Gasteiger partial charge is 0.453 e. The summed E-state index contributed by atoms with van der Waals surface area (Å²) in [7, 11) is -0.609. The van der Waals surface area contributed by atoms with Gasteiger partial charge in [-0.25, -0.2) is 19.4 Å². The summed E-state index contributed by atoms with van der Waals surface area (Å²) in [6, 6.07) is 6.72. The van der Waals surface area contributed by atoms with Crippen molar-refractivity contribution in [1.29, 1.82) is 0 Å². The van der Waals surface area contributed by atoms with Crippen LogP contribution in [0.15, 0.2) is 42.7 Å². The molecule has 0 amide bonds. The number of non-ortho nitro benzene ring substituents is 1. The Morgan fingerprint density at radius 1 is 1.21 bits per heavy atom. The number of halogens is 1. The quantitative estimate of drug-likeness (QED) is 0.311. The van der Waals surface area contributed by atoms with Crippen LogP contribution < -0.4 is 4.74 Å². The third-order valence-electron chi connectivity index (χ3n) is 4.04. The molecule has 3 aromatic rings. The molecule has 0 saturated carbocycles. The Morgan fingerprint density at radius 2 is 2.00 bits per heavy atom. The molecule has 0 aliphatic heterocycles. The van der Waals surface area contributed by atoms with Crippen LogP contribution in [-0.4, -0.2) is 45.6 Å². The van der Waals surface area contributed by atoms with Gasteiger partial charge in [-0.1, -0.05) is 0 Å². The summed E-state index contributed by atoms with van der Waals surface area (Å²) in [5.41, 5.74) is 0.327. The number of nitrogens with zero attached hydrogens (tertiary/aromatic N) is 3. The molecule has 150 valence electrons. The van der Waals surface area contributed by atoms with Crippen molar-refractivity contribution in [3.8, 4) is 11.5 Å². The monoisotopic (exact) mass is 407 g/mol. The highest BCUT2D eigenvalue weighted by molar-refractivity contribution is 8.32. The van der Waals surface area contributed by atoms with Gasteiger partial charge in [0.05, 0.1) is 23.0 Å². The van der Waals surface area contributed by atoms with Gasteiger partial charge in [0.15, 0.2) is 11.6 Å². The van der Waals surface area contributed by atoms with Crippen LogP contribution >= 0.6 is 10.0 Å². The van der Waals surface area contributed by atoms with E-state index >= 15 is 0 Å². The van der Waals surface area contributed by atoms with Crippen molar-refractivity contribution >= 4 is 26.7 Å². The summed E-state index contributed by atoms with van der Waals surface area (Å²) in [4.78, 5) is 14.4. The van der Waals surface area contributed by atoms with E-state index in [1.807, 2.05) is 16.8 Å². The highest BCUT2D eigenvalue weighted by Gasteiger charge is 2.15. The minimum atomic E-state index is -0.799. The summed E-state index contributed by atoms with van der Waals surface area (Å²) >= 11 is 0. The molecule has 2 aromatic heterocycles. The predicted molar refractivity (Wildman–Crippen MR) is 109 cm³/mol. The molecule has 0 radical (unpaired) electrons. The molecule has 2 heterocycles. The number of nitro groups is 1. The van der Waals surface area contributed by atoms with Crippen molar-refractivity contribution in [2.75, 3.05) is 31.1 Å². The number of pyridine rings is 1. The van der Waals surface area contributed by atoms with E-state index < -0.39 is 20.8 Å². The van der Waals surface area contributed by atoms with E-state index in [4.69, 9.17) is 9.47 Å². The van der Waals surface area contributed by atoms with E-state index in [0.717, 1.165) is 11.8 Å². The Morgan fingerprint density at radius 3 is 2.68 bits per heavy atom. The summed E-state index contributed by atoms with van der Waals surface area (Å²) in [5.74, 6) is 0.547.